The first-order valence-corrected chi connectivity index (χ1v) is 27.8. The van der Waals surface area contributed by atoms with Gasteiger partial charge in [0.25, 0.3) is 0 Å². The van der Waals surface area contributed by atoms with E-state index >= 15 is 0 Å². The second-order valence-corrected chi connectivity index (χ2v) is 19.9. The summed E-state index contributed by atoms with van der Waals surface area (Å²) in [6.07, 6.45) is 50.9. The monoisotopic (exact) mass is 877 g/mol. The molecule has 2 atom stereocenters. The van der Waals surface area contributed by atoms with Crippen molar-refractivity contribution in [2.75, 3.05) is 13.2 Å². The van der Waals surface area contributed by atoms with Gasteiger partial charge in [-0.15, -0.1) is 0 Å². The molecular weight excluding hydrogens is 769 g/mol. The molecule has 6 nitrogen and oxygen atoms in total. The van der Waals surface area contributed by atoms with Crippen molar-refractivity contribution < 1.29 is 28.6 Å². The van der Waals surface area contributed by atoms with Gasteiger partial charge in [-0.05, 0) is 31.1 Å². The summed E-state index contributed by atoms with van der Waals surface area (Å²) in [5.41, 5.74) is 0. The van der Waals surface area contributed by atoms with Crippen LogP contribution in [0.3, 0.4) is 0 Å². The molecule has 0 saturated heterocycles. The minimum Gasteiger partial charge on any atom is -0.462 e. The Balaban J connectivity index is 4.26. The predicted molar refractivity (Wildman–Crippen MR) is 266 cm³/mol. The quantitative estimate of drug-likeness (QED) is 0.0344. The van der Waals surface area contributed by atoms with Crippen LogP contribution in [0.4, 0.5) is 0 Å². The van der Waals surface area contributed by atoms with Gasteiger partial charge in [0, 0.05) is 19.3 Å². The van der Waals surface area contributed by atoms with Gasteiger partial charge < -0.3 is 14.2 Å². The lowest BCUT2D eigenvalue weighted by molar-refractivity contribution is -0.167. The molecule has 0 radical (unpaired) electrons. The second kappa shape index (κ2) is 48.9. The van der Waals surface area contributed by atoms with Crippen molar-refractivity contribution in [3.05, 3.63) is 0 Å². The van der Waals surface area contributed by atoms with Gasteiger partial charge >= 0.3 is 17.9 Å². The SMILES string of the molecule is CCCCCCCCCCCCCCCCCCC(=O)OC[C@@H](COC(=O)CCCCCCCCC(C)CC)OC(=O)CCCCCCCCCCCCCCCCCC(C)C. The van der Waals surface area contributed by atoms with E-state index in [1.807, 2.05) is 0 Å². The highest BCUT2D eigenvalue weighted by atomic mass is 16.6. The Morgan fingerprint density at radius 2 is 0.613 bits per heavy atom. The van der Waals surface area contributed by atoms with Crippen molar-refractivity contribution in [1.82, 2.24) is 0 Å². The predicted octanol–water partition coefficient (Wildman–Crippen LogP) is 18.1. The molecule has 0 aromatic carbocycles. The van der Waals surface area contributed by atoms with Gasteiger partial charge in [-0.2, -0.15) is 0 Å². The first kappa shape index (κ1) is 60.4. The summed E-state index contributed by atoms with van der Waals surface area (Å²) in [6, 6.07) is 0. The van der Waals surface area contributed by atoms with Crippen LogP contribution < -0.4 is 0 Å². The molecule has 0 amide bonds. The number of hydrogen-bond donors (Lipinski definition) is 0. The fraction of sp³-hybridized carbons (Fsp3) is 0.946. The molecule has 0 aliphatic rings. The topological polar surface area (TPSA) is 78.9 Å². The summed E-state index contributed by atoms with van der Waals surface area (Å²) < 4.78 is 16.8. The normalized spacial score (nSPS) is 12.5. The van der Waals surface area contributed by atoms with E-state index in [9.17, 15) is 14.4 Å². The van der Waals surface area contributed by atoms with Gasteiger partial charge in [0.1, 0.15) is 13.2 Å². The highest BCUT2D eigenvalue weighted by Gasteiger charge is 2.19. The average molecular weight is 877 g/mol. The van der Waals surface area contributed by atoms with E-state index < -0.39 is 6.10 Å². The van der Waals surface area contributed by atoms with E-state index in [-0.39, 0.29) is 31.1 Å². The highest BCUT2D eigenvalue weighted by molar-refractivity contribution is 5.71. The molecule has 0 bridgehead atoms. The van der Waals surface area contributed by atoms with E-state index in [0.717, 1.165) is 69.6 Å². The maximum atomic E-state index is 12.8. The number of unbranched alkanes of at least 4 members (excludes halogenated alkanes) is 34. The molecule has 0 rings (SSSR count). The van der Waals surface area contributed by atoms with Gasteiger partial charge in [0.15, 0.2) is 6.10 Å². The summed E-state index contributed by atoms with van der Waals surface area (Å²) in [6.45, 7) is 11.4. The van der Waals surface area contributed by atoms with Gasteiger partial charge in [-0.25, -0.2) is 0 Å². The van der Waals surface area contributed by atoms with Crippen molar-refractivity contribution in [2.24, 2.45) is 11.8 Å². The Morgan fingerprint density at radius 1 is 0.339 bits per heavy atom. The standard InChI is InChI=1S/C56H108O6/c1-6-8-9-10-11-12-13-14-15-18-21-24-27-30-36-41-46-54(57)60-49-53(50-61-55(58)47-42-37-33-32-35-40-45-52(5)7-2)62-56(59)48-43-38-31-28-25-22-19-16-17-20-23-26-29-34-39-44-51(3)4/h51-53H,6-50H2,1-5H3/t52?,53-/m0/s1. The Labute approximate surface area is 387 Å². The first-order valence-electron chi connectivity index (χ1n) is 27.8. The zero-order chi connectivity index (χ0) is 45.4. The molecular formula is C56H108O6. The maximum Gasteiger partial charge on any atom is 0.306 e. The van der Waals surface area contributed by atoms with Gasteiger partial charge in [0.05, 0.1) is 0 Å². The van der Waals surface area contributed by atoms with Crippen molar-refractivity contribution in [3.8, 4) is 0 Å². The summed E-state index contributed by atoms with van der Waals surface area (Å²) in [5, 5.41) is 0. The molecule has 62 heavy (non-hydrogen) atoms. The Morgan fingerprint density at radius 3 is 0.919 bits per heavy atom. The number of carbonyl (C=O) groups excluding carboxylic acids is 3. The van der Waals surface area contributed by atoms with Crippen LogP contribution >= 0.6 is 0 Å². The number of ether oxygens (including phenoxy) is 3. The fourth-order valence-corrected chi connectivity index (χ4v) is 8.49. The van der Waals surface area contributed by atoms with E-state index in [1.54, 1.807) is 0 Å². The van der Waals surface area contributed by atoms with Gasteiger partial charge in [0.2, 0.25) is 0 Å². The smallest absolute Gasteiger partial charge is 0.306 e. The molecule has 0 aliphatic carbocycles. The average Bonchev–Trinajstić information content (AvgIpc) is 3.26. The summed E-state index contributed by atoms with van der Waals surface area (Å²) in [7, 11) is 0. The maximum absolute atomic E-state index is 12.8. The van der Waals surface area contributed by atoms with Crippen molar-refractivity contribution in [1.29, 1.82) is 0 Å². The second-order valence-electron chi connectivity index (χ2n) is 19.9. The highest BCUT2D eigenvalue weighted by Crippen LogP contribution is 2.18. The third-order valence-electron chi connectivity index (χ3n) is 13.1. The zero-order valence-electron chi connectivity index (χ0n) is 42.5. The van der Waals surface area contributed by atoms with E-state index in [0.29, 0.717) is 19.3 Å². The molecule has 0 aromatic rings. The fourth-order valence-electron chi connectivity index (χ4n) is 8.49. The molecule has 0 spiro atoms. The Hall–Kier alpha value is -1.59. The van der Waals surface area contributed by atoms with Gasteiger partial charge in [-0.1, -0.05) is 272 Å². The number of hydrogen-bond acceptors (Lipinski definition) is 6. The van der Waals surface area contributed by atoms with Crippen molar-refractivity contribution in [3.63, 3.8) is 0 Å². The molecule has 0 heterocycles. The third-order valence-corrected chi connectivity index (χ3v) is 13.1. The van der Waals surface area contributed by atoms with Crippen LogP contribution in [-0.4, -0.2) is 37.2 Å². The molecule has 6 heteroatoms. The molecule has 0 aliphatic heterocycles. The summed E-state index contributed by atoms with van der Waals surface area (Å²) in [4.78, 5) is 38.0. The Kier molecular flexibility index (Phi) is 47.6. The van der Waals surface area contributed by atoms with Crippen LogP contribution in [0.15, 0.2) is 0 Å². The third kappa shape index (κ3) is 47.9. The number of rotatable bonds is 50. The van der Waals surface area contributed by atoms with E-state index in [4.69, 9.17) is 14.2 Å². The van der Waals surface area contributed by atoms with Crippen LogP contribution in [0.25, 0.3) is 0 Å². The number of esters is 3. The van der Waals surface area contributed by atoms with Crippen LogP contribution in [0, 0.1) is 11.8 Å². The minimum absolute atomic E-state index is 0.0637. The lowest BCUT2D eigenvalue weighted by Gasteiger charge is -2.18. The lowest BCUT2D eigenvalue weighted by atomic mass is 10.00. The first-order chi connectivity index (χ1) is 30.3. The zero-order valence-corrected chi connectivity index (χ0v) is 42.5. The number of carbonyl (C=O) groups is 3. The Bertz CT molecular complexity index is 949. The van der Waals surface area contributed by atoms with Crippen molar-refractivity contribution >= 4 is 17.9 Å². The summed E-state index contributed by atoms with van der Waals surface area (Å²) in [5.74, 6) is 0.816. The minimum atomic E-state index is -0.763. The van der Waals surface area contributed by atoms with Crippen molar-refractivity contribution in [2.45, 2.75) is 317 Å². The molecule has 1 unspecified atom stereocenters. The van der Waals surface area contributed by atoms with Crippen LogP contribution in [-0.2, 0) is 28.6 Å². The largest absolute Gasteiger partial charge is 0.462 e. The molecule has 368 valence electrons. The molecule has 0 N–H and O–H groups in total. The van der Waals surface area contributed by atoms with E-state index in [2.05, 4.69) is 34.6 Å². The van der Waals surface area contributed by atoms with Crippen LogP contribution in [0.1, 0.15) is 311 Å². The molecule has 0 aromatic heterocycles. The molecule has 0 saturated carbocycles. The summed E-state index contributed by atoms with van der Waals surface area (Å²) >= 11 is 0. The van der Waals surface area contributed by atoms with E-state index in [1.165, 1.54) is 199 Å². The van der Waals surface area contributed by atoms with Crippen LogP contribution in [0.5, 0.6) is 0 Å². The molecule has 0 fully saturated rings. The van der Waals surface area contributed by atoms with Crippen LogP contribution in [0.2, 0.25) is 0 Å². The lowest BCUT2D eigenvalue weighted by Crippen LogP contribution is -2.30. The van der Waals surface area contributed by atoms with Gasteiger partial charge in [-0.3, -0.25) is 14.4 Å².